The zero-order chi connectivity index (χ0) is 22.3. The van der Waals surface area contributed by atoms with Gasteiger partial charge in [0.25, 0.3) is 0 Å². The van der Waals surface area contributed by atoms with E-state index in [9.17, 15) is 4.79 Å². The Morgan fingerprint density at radius 3 is 1.37 bits per heavy atom. The largest absolute Gasteiger partial charge is 0.341 e. The lowest BCUT2D eigenvalue weighted by molar-refractivity contribution is -0.123. The molecule has 1 atom stereocenters. The average molecular weight is 425 g/mol. The number of rotatable bonds is 23. The first kappa shape index (κ1) is 29.4. The second kappa shape index (κ2) is 23.1. The quantitative estimate of drug-likeness (QED) is 0.132. The molecule has 0 saturated heterocycles. The van der Waals surface area contributed by atoms with Crippen LogP contribution in [-0.4, -0.2) is 30.1 Å². The van der Waals surface area contributed by atoms with Crippen LogP contribution in [0.25, 0.3) is 0 Å². The highest BCUT2D eigenvalue weighted by Gasteiger charge is 2.17. The number of carbonyl (C=O) groups excluding carboxylic acids is 1. The van der Waals surface area contributed by atoms with Gasteiger partial charge in [-0.3, -0.25) is 9.69 Å². The van der Waals surface area contributed by atoms with E-state index in [0.717, 1.165) is 38.8 Å². The first-order valence-corrected chi connectivity index (χ1v) is 13.7. The standard InChI is InChI=1S/C27H56N2O/c1-5-9-10-11-12-13-14-15-16-17-18-19-20-21-22-23-27(30)28-26(8-4)29(24-6-2)25-7-3/h26H,5-25H2,1-4H3,(H,28,30). The average Bonchev–Trinajstić information content (AvgIpc) is 2.74. The van der Waals surface area contributed by atoms with E-state index in [0.29, 0.717) is 6.42 Å². The first-order chi connectivity index (χ1) is 14.7. The molecule has 180 valence electrons. The second-order valence-corrected chi connectivity index (χ2v) is 9.23. The van der Waals surface area contributed by atoms with Crippen molar-refractivity contribution < 1.29 is 4.79 Å². The molecule has 0 radical (unpaired) electrons. The van der Waals surface area contributed by atoms with Gasteiger partial charge in [0.05, 0.1) is 6.17 Å². The van der Waals surface area contributed by atoms with Crippen molar-refractivity contribution >= 4 is 5.91 Å². The van der Waals surface area contributed by atoms with Gasteiger partial charge in [0.1, 0.15) is 0 Å². The lowest BCUT2D eigenvalue weighted by Crippen LogP contribution is -2.48. The Hall–Kier alpha value is -0.570. The molecular weight excluding hydrogens is 368 g/mol. The molecule has 3 nitrogen and oxygen atoms in total. The third-order valence-corrected chi connectivity index (χ3v) is 6.18. The Morgan fingerprint density at radius 2 is 1.00 bits per heavy atom. The van der Waals surface area contributed by atoms with Crippen molar-refractivity contribution in [2.24, 2.45) is 0 Å². The van der Waals surface area contributed by atoms with Crippen molar-refractivity contribution in [2.45, 2.75) is 156 Å². The van der Waals surface area contributed by atoms with Crippen LogP contribution in [0.15, 0.2) is 0 Å². The number of nitrogens with one attached hydrogen (secondary N) is 1. The van der Waals surface area contributed by atoms with E-state index >= 15 is 0 Å². The molecule has 3 heteroatoms. The number of hydrogen-bond acceptors (Lipinski definition) is 2. The van der Waals surface area contributed by atoms with Gasteiger partial charge in [-0.05, 0) is 38.8 Å². The van der Waals surface area contributed by atoms with E-state index in [4.69, 9.17) is 0 Å². The Balaban J connectivity index is 3.53. The molecule has 0 aliphatic rings. The maximum Gasteiger partial charge on any atom is 0.221 e. The highest BCUT2D eigenvalue weighted by molar-refractivity contribution is 5.76. The molecule has 0 bridgehead atoms. The van der Waals surface area contributed by atoms with Gasteiger partial charge in [-0.15, -0.1) is 0 Å². The monoisotopic (exact) mass is 424 g/mol. The lowest BCUT2D eigenvalue weighted by Gasteiger charge is -2.31. The van der Waals surface area contributed by atoms with Crippen LogP contribution in [0.2, 0.25) is 0 Å². The van der Waals surface area contributed by atoms with E-state index < -0.39 is 0 Å². The Kier molecular flexibility index (Phi) is 22.7. The third kappa shape index (κ3) is 18.2. The van der Waals surface area contributed by atoms with Crippen molar-refractivity contribution in [3.8, 4) is 0 Å². The maximum absolute atomic E-state index is 12.3. The van der Waals surface area contributed by atoms with Crippen LogP contribution >= 0.6 is 0 Å². The topological polar surface area (TPSA) is 32.3 Å². The smallest absolute Gasteiger partial charge is 0.221 e. The van der Waals surface area contributed by atoms with Gasteiger partial charge < -0.3 is 5.32 Å². The van der Waals surface area contributed by atoms with Crippen LogP contribution in [0, 0.1) is 0 Å². The van der Waals surface area contributed by atoms with Gasteiger partial charge in [0, 0.05) is 6.42 Å². The molecule has 0 spiro atoms. The Bertz CT molecular complexity index is 353. The van der Waals surface area contributed by atoms with Gasteiger partial charge in [0.2, 0.25) is 5.91 Å². The van der Waals surface area contributed by atoms with E-state index in [1.165, 1.54) is 89.9 Å². The summed E-state index contributed by atoms with van der Waals surface area (Å²) in [7, 11) is 0. The van der Waals surface area contributed by atoms with Gasteiger partial charge in [-0.2, -0.15) is 0 Å². The van der Waals surface area contributed by atoms with E-state index in [1.54, 1.807) is 0 Å². The number of amides is 1. The number of hydrogen-bond donors (Lipinski definition) is 1. The Morgan fingerprint density at radius 1 is 0.600 bits per heavy atom. The number of carbonyl (C=O) groups is 1. The van der Waals surface area contributed by atoms with Gasteiger partial charge >= 0.3 is 0 Å². The van der Waals surface area contributed by atoms with Crippen LogP contribution < -0.4 is 5.32 Å². The van der Waals surface area contributed by atoms with Crippen LogP contribution in [-0.2, 0) is 4.79 Å². The van der Waals surface area contributed by atoms with Crippen molar-refractivity contribution in [1.29, 1.82) is 0 Å². The predicted molar refractivity (Wildman–Crippen MR) is 134 cm³/mol. The molecule has 0 rings (SSSR count). The van der Waals surface area contributed by atoms with Crippen LogP contribution in [0.1, 0.15) is 150 Å². The summed E-state index contributed by atoms with van der Waals surface area (Å²) in [5, 5.41) is 3.27. The van der Waals surface area contributed by atoms with Crippen molar-refractivity contribution in [1.82, 2.24) is 10.2 Å². The van der Waals surface area contributed by atoms with Crippen LogP contribution in [0.5, 0.6) is 0 Å². The fourth-order valence-corrected chi connectivity index (χ4v) is 4.36. The highest BCUT2D eigenvalue weighted by atomic mass is 16.1. The van der Waals surface area contributed by atoms with E-state index in [2.05, 4.69) is 37.9 Å². The summed E-state index contributed by atoms with van der Waals surface area (Å²) in [6, 6.07) is 0. The summed E-state index contributed by atoms with van der Waals surface area (Å²) in [5.41, 5.74) is 0. The molecule has 0 aromatic rings. The zero-order valence-corrected chi connectivity index (χ0v) is 21.3. The molecule has 1 N–H and O–H groups in total. The fraction of sp³-hybridized carbons (Fsp3) is 0.963. The maximum atomic E-state index is 12.3. The molecule has 0 aliphatic heterocycles. The molecule has 0 aromatic carbocycles. The minimum absolute atomic E-state index is 0.216. The second-order valence-electron chi connectivity index (χ2n) is 9.23. The normalized spacial score (nSPS) is 12.4. The molecule has 0 aromatic heterocycles. The molecule has 0 aliphatic carbocycles. The van der Waals surface area contributed by atoms with E-state index in [-0.39, 0.29) is 12.1 Å². The summed E-state index contributed by atoms with van der Waals surface area (Å²) in [6.07, 6.45) is 24.7. The van der Waals surface area contributed by atoms with Crippen molar-refractivity contribution in [3.05, 3.63) is 0 Å². The third-order valence-electron chi connectivity index (χ3n) is 6.18. The Labute approximate surface area is 190 Å². The lowest BCUT2D eigenvalue weighted by atomic mass is 10.0. The predicted octanol–water partition coefficient (Wildman–Crippen LogP) is 8.22. The van der Waals surface area contributed by atoms with Crippen LogP contribution in [0.3, 0.4) is 0 Å². The molecule has 1 amide bonds. The summed E-state index contributed by atoms with van der Waals surface area (Å²) >= 11 is 0. The number of unbranched alkanes of at least 4 members (excludes halogenated alkanes) is 14. The highest BCUT2D eigenvalue weighted by Crippen LogP contribution is 2.14. The number of nitrogens with zero attached hydrogens (tertiary/aromatic N) is 1. The minimum Gasteiger partial charge on any atom is -0.341 e. The van der Waals surface area contributed by atoms with Crippen molar-refractivity contribution in [3.63, 3.8) is 0 Å². The molecule has 30 heavy (non-hydrogen) atoms. The summed E-state index contributed by atoms with van der Waals surface area (Å²) < 4.78 is 0. The van der Waals surface area contributed by atoms with Gasteiger partial charge in [-0.25, -0.2) is 0 Å². The van der Waals surface area contributed by atoms with Gasteiger partial charge in [0.15, 0.2) is 0 Å². The summed E-state index contributed by atoms with van der Waals surface area (Å²) in [5.74, 6) is 0.244. The fourth-order valence-electron chi connectivity index (χ4n) is 4.36. The molecule has 1 unspecified atom stereocenters. The minimum atomic E-state index is 0.216. The first-order valence-electron chi connectivity index (χ1n) is 13.7. The molecule has 0 saturated carbocycles. The summed E-state index contributed by atoms with van der Waals surface area (Å²) in [4.78, 5) is 14.8. The van der Waals surface area contributed by atoms with Gasteiger partial charge in [-0.1, -0.05) is 118 Å². The molecule has 0 heterocycles. The van der Waals surface area contributed by atoms with Crippen molar-refractivity contribution in [2.75, 3.05) is 13.1 Å². The zero-order valence-electron chi connectivity index (χ0n) is 21.3. The van der Waals surface area contributed by atoms with E-state index in [1.807, 2.05) is 0 Å². The molecule has 0 fully saturated rings. The summed E-state index contributed by atoms with van der Waals surface area (Å²) in [6.45, 7) is 11.0. The SMILES string of the molecule is CCCCCCCCCCCCCCCCCC(=O)NC(CC)N(CCC)CCC. The molecular formula is C27H56N2O. The van der Waals surface area contributed by atoms with Crippen LogP contribution in [0.4, 0.5) is 0 Å².